The summed E-state index contributed by atoms with van der Waals surface area (Å²) < 4.78 is 0. The highest BCUT2D eigenvalue weighted by molar-refractivity contribution is 5.70. The molecule has 2 rings (SSSR count). The average Bonchev–Trinajstić information content (AvgIpc) is 2.30. The lowest BCUT2D eigenvalue weighted by atomic mass is 10.2. The van der Waals surface area contributed by atoms with Gasteiger partial charge < -0.3 is 11.2 Å². The van der Waals surface area contributed by atoms with Gasteiger partial charge >= 0.3 is 0 Å². The van der Waals surface area contributed by atoms with E-state index in [-0.39, 0.29) is 0 Å². The van der Waals surface area contributed by atoms with Gasteiger partial charge in [-0.05, 0) is 0 Å². The molecule has 2 heterocycles. The molecule has 5 N–H and O–H groups in total. The van der Waals surface area contributed by atoms with E-state index in [0.29, 0.717) is 22.9 Å². The number of rotatable bonds is 2. The van der Waals surface area contributed by atoms with Gasteiger partial charge in [0.05, 0.1) is 11.3 Å². The van der Waals surface area contributed by atoms with Crippen molar-refractivity contribution >= 4 is 11.6 Å². The molecule has 0 bridgehead atoms. The summed E-state index contributed by atoms with van der Waals surface area (Å²) in [6.07, 6.45) is 4.35. The zero-order chi connectivity index (χ0) is 10.7. The summed E-state index contributed by atoms with van der Waals surface area (Å²) in [6, 6.07) is 1.66. The quantitative estimate of drug-likeness (QED) is 0.457. The first-order chi connectivity index (χ1) is 7.31. The smallest absolute Gasteiger partial charge is 0.143 e. The molecule has 0 fully saturated rings. The Morgan fingerprint density at radius 3 is 2.73 bits per heavy atom. The highest BCUT2D eigenvalue weighted by Crippen LogP contribution is 2.21. The lowest BCUT2D eigenvalue weighted by molar-refractivity contribution is 1.12. The van der Waals surface area contributed by atoms with Gasteiger partial charge in [0.15, 0.2) is 0 Å². The zero-order valence-electron chi connectivity index (χ0n) is 7.75. The number of aromatic nitrogens is 4. The fraction of sp³-hybridized carbons (Fsp3) is 0. The van der Waals surface area contributed by atoms with Crippen molar-refractivity contribution in [2.75, 3.05) is 11.2 Å². The minimum absolute atomic E-state index is 0.367. The molecule has 0 atom stereocenters. The molecule has 0 radical (unpaired) electrons. The van der Waals surface area contributed by atoms with E-state index in [1.807, 2.05) is 0 Å². The van der Waals surface area contributed by atoms with Crippen LogP contribution in [0.4, 0.5) is 11.6 Å². The zero-order valence-corrected chi connectivity index (χ0v) is 7.75. The molecule has 76 valence electrons. The van der Waals surface area contributed by atoms with E-state index < -0.39 is 0 Å². The van der Waals surface area contributed by atoms with E-state index in [1.165, 1.54) is 12.7 Å². The Kier molecular flexibility index (Phi) is 2.38. The second-order valence-corrected chi connectivity index (χ2v) is 2.75. The first-order valence-electron chi connectivity index (χ1n) is 4.16. The minimum atomic E-state index is 0.367. The van der Waals surface area contributed by atoms with Gasteiger partial charge in [0, 0.05) is 12.3 Å². The number of nitrogens with two attached hydrogens (primary N) is 2. The van der Waals surface area contributed by atoms with Crippen molar-refractivity contribution in [1.29, 1.82) is 0 Å². The van der Waals surface area contributed by atoms with E-state index in [1.54, 1.807) is 12.3 Å². The molecule has 0 amide bonds. The Labute approximate surface area is 85.6 Å². The van der Waals surface area contributed by atoms with Crippen molar-refractivity contribution in [1.82, 2.24) is 19.9 Å². The normalized spacial score (nSPS) is 9.93. The predicted molar refractivity (Wildman–Crippen MR) is 55.3 cm³/mol. The summed E-state index contributed by atoms with van der Waals surface area (Å²) in [7, 11) is 0. The molecule has 7 heteroatoms. The van der Waals surface area contributed by atoms with Crippen molar-refractivity contribution in [3.8, 4) is 11.3 Å². The van der Waals surface area contributed by atoms with Crippen molar-refractivity contribution in [3.63, 3.8) is 0 Å². The van der Waals surface area contributed by atoms with Gasteiger partial charge in [-0.1, -0.05) is 0 Å². The Morgan fingerprint density at radius 2 is 2.00 bits per heavy atom. The van der Waals surface area contributed by atoms with Gasteiger partial charge in [-0.2, -0.15) is 0 Å². The first-order valence-corrected chi connectivity index (χ1v) is 4.16. The van der Waals surface area contributed by atoms with Gasteiger partial charge in [-0.25, -0.2) is 25.8 Å². The maximum atomic E-state index is 5.68. The summed E-state index contributed by atoms with van der Waals surface area (Å²) in [6.45, 7) is 0. The standard InChI is InChI=1S/C8H9N7/c9-8-5(2-11-3-14-8)6-1-7(15-10)13-4-12-6/h1-4H,10H2,(H2,9,11,14)(H,12,13,15). The fourth-order valence-corrected chi connectivity index (χ4v) is 1.12. The van der Waals surface area contributed by atoms with Crippen LogP contribution in [-0.4, -0.2) is 19.9 Å². The highest BCUT2D eigenvalue weighted by Gasteiger charge is 2.05. The maximum absolute atomic E-state index is 5.68. The second kappa shape index (κ2) is 3.84. The monoisotopic (exact) mass is 203 g/mol. The Hall–Kier alpha value is -2.28. The maximum Gasteiger partial charge on any atom is 0.143 e. The summed E-state index contributed by atoms with van der Waals surface area (Å²) in [5.74, 6) is 6.10. The summed E-state index contributed by atoms with van der Waals surface area (Å²) >= 11 is 0. The summed E-state index contributed by atoms with van der Waals surface area (Å²) in [4.78, 5) is 15.7. The van der Waals surface area contributed by atoms with E-state index in [2.05, 4.69) is 25.4 Å². The SMILES string of the molecule is NNc1cc(-c2cncnc2N)ncn1. The molecular formula is C8H9N7. The molecule has 2 aromatic rings. The molecular weight excluding hydrogens is 194 g/mol. The van der Waals surface area contributed by atoms with Gasteiger partial charge in [0.25, 0.3) is 0 Å². The van der Waals surface area contributed by atoms with E-state index in [4.69, 9.17) is 11.6 Å². The number of hydrogen-bond acceptors (Lipinski definition) is 7. The van der Waals surface area contributed by atoms with Crippen molar-refractivity contribution in [2.24, 2.45) is 5.84 Å². The highest BCUT2D eigenvalue weighted by atomic mass is 15.3. The van der Waals surface area contributed by atoms with Crippen LogP contribution >= 0.6 is 0 Å². The molecule has 0 aliphatic heterocycles. The van der Waals surface area contributed by atoms with Crippen molar-refractivity contribution in [3.05, 3.63) is 24.9 Å². The Bertz CT molecular complexity index is 470. The molecule has 2 aromatic heterocycles. The van der Waals surface area contributed by atoms with E-state index in [9.17, 15) is 0 Å². The number of nitrogen functional groups attached to an aromatic ring is 2. The third-order valence-electron chi connectivity index (χ3n) is 1.83. The van der Waals surface area contributed by atoms with Gasteiger partial charge in [-0.15, -0.1) is 0 Å². The third-order valence-corrected chi connectivity index (χ3v) is 1.83. The molecule has 0 aliphatic carbocycles. The van der Waals surface area contributed by atoms with Crippen LogP contribution in [0.1, 0.15) is 0 Å². The van der Waals surface area contributed by atoms with Gasteiger partial charge in [-0.3, -0.25) is 0 Å². The van der Waals surface area contributed by atoms with Crippen LogP contribution in [0.15, 0.2) is 24.9 Å². The van der Waals surface area contributed by atoms with Crippen LogP contribution in [-0.2, 0) is 0 Å². The van der Waals surface area contributed by atoms with Gasteiger partial charge in [0.1, 0.15) is 24.3 Å². The number of nitrogens with one attached hydrogen (secondary N) is 1. The average molecular weight is 203 g/mol. The molecule has 0 saturated heterocycles. The summed E-state index contributed by atoms with van der Waals surface area (Å²) in [5.41, 5.74) is 9.38. The number of hydrogen-bond donors (Lipinski definition) is 3. The molecule has 0 unspecified atom stereocenters. The first kappa shape index (κ1) is 9.28. The minimum Gasteiger partial charge on any atom is -0.383 e. The lowest BCUT2D eigenvalue weighted by Gasteiger charge is -2.04. The lowest BCUT2D eigenvalue weighted by Crippen LogP contribution is -2.08. The number of anilines is 2. The molecule has 0 saturated carbocycles. The number of nitrogens with zero attached hydrogens (tertiary/aromatic N) is 4. The van der Waals surface area contributed by atoms with Crippen LogP contribution < -0.4 is 17.0 Å². The molecule has 0 aliphatic rings. The van der Waals surface area contributed by atoms with Crippen LogP contribution in [0.5, 0.6) is 0 Å². The largest absolute Gasteiger partial charge is 0.383 e. The Balaban J connectivity index is 2.49. The van der Waals surface area contributed by atoms with Crippen LogP contribution in [0.3, 0.4) is 0 Å². The summed E-state index contributed by atoms with van der Waals surface area (Å²) in [5, 5.41) is 0. The van der Waals surface area contributed by atoms with Crippen molar-refractivity contribution in [2.45, 2.75) is 0 Å². The van der Waals surface area contributed by atoms with E-state index in [0.717, 1.165) is 0 Å². The van der Waals surface area contributed by atoms with Crippen LogP contribution in [0.2, 0.25) is 0 Å². The Morgan fingerprint density at radius 1 is 1.13 bits per heavy atom. The topological polar surface area (TPSA) is 116 Å². The molecule has 0 aromatic carbocycles. The number of hydrazine groups is 1. The molecule has 7 nitrogen and oxygen atoms in total. The third kappa shape index (κ3) is 1.81. The molecule has 15 heavy (non-hydrogen) atoms. The van der Waals surface area contributed by atoms with Crippen molar-refractivity contribution < 1.29 is 0 Å². The van der Waals surface area contributed by atoms with E-state index >= 15 is 0 Å². The van der Waals surface area contributed by atoms with Gasteiger partial charge in [0.2, 0.25) is 0 Å². The van der Waals surface area contributed by atoms with Crippen LogP contribution in [0, 0.1) is 0 Å². The van der Waals surface area contributed by atoms with Crippen LogP contribution in [0.25, 0.3) is 11.3 Å². The molecule has 0 spiro atoms. The fourth-order valence-electron chi connectivity index (χ4n) is 1.12. The second-order valence-electron chi connectivity index (χ2n) is 2.75. The predicted octanol–water partition coefficient (Wildman–Crippen LogP) is -0.199.